The van der Waals surface area contributed by atoms with Crippen LogP contribution in [0.2, 0.25) is 0 Å². The lowest BCUT2D eigenvalue weighted by molar-refractivity contribution is -0.139. The first-order valence-corrected chi connectivity index (χ1v) is 10.4. The van der Waals surface area contributed by atoms with E-state index >= 15 is 0 Å². The molecule has 3 aliphatic rings. The van der Waals surface area contributed by atoms with Crippen molar-refractivity contribution in [2.45, 2.75) is 63.1 Å². The van der Waals surface area contributed by atoms with Crippen LogP contribution >= 0.6 is 0 Å². The van der Waals surface area contributed by atoms with Gasteiger partial charge in [-0.05, 0) is 79.9 Å². The molecule has 1 heterocycles. The molecule has 1 saturated heterocycles. The quantitative estimate of drug-likeness (QED) is 0.765. The molecule has 2 bridgehead atoms. The summed E-state index contributed by atoms with van der Waals surface area (Å²) in [7, 11) is 0. The summed E-state index contributed by atoms with van der Waals surface area (Å²) < 4.78 is 38.9. The van der Waals surface area contributed by atoms with Crippen LogP contribution in [0, 0.1) is 17.8 Å². The number of piperidine rings is 1. The zero-order valence-corrected chi connectivity index (χ0v) is 16.0. The molecule has 1 aliphatic heterocycles. The van der Waals surface area contributed by atoms with Gasteiger partial charge < -0.3 is 5.11 Å². The first-order valence-electron chi connectivity index (χ1n) is 10.4. The summed E-state index contributed by atoms with van der Waals surface area (Å²) in [5.41, 5.74) is 0.299. The number of carboxylic acid groups (broad SMARTS) is 1. The first kappa shape index (κ1) is 19.7. The summed E-state index contributed by atoms with van der Waals surface area (Å²) in [5.74, 6) is 0.929. The second-order valence-electron chi connectivity index (χ2n) is 9.07. The molecular weight excluding hydrogens is 367 g/mol. The van der Waals surface area contributed by atoms with Crippen molar-refractivity contribution < 1.29 is 23.1 Å². The number of nitrogens with zero attached hydrogens (tertiary/aromatic N) is 1. The molecule has 154 valence electrons. The third-order valence-corrected chi connectivity index (χ3v) is 7.16. The highest BCUT2D eigenvalue weighted by molar-refractivity contribution is 5.67. The zero-order valence-electron chi connectivity index (χ0n) is 16.0. The van der Waals surface area contributed by atoms with E-state index < -0.39 is 17.7 Å². The molecule has 2 saturated carbocycles. The summed E-state index contributed by atoms with van der Waals surface area (Å²) >= 11 is 0. The Morgan fingerprint density at radius 2 is 1.64 bits per heavy atom. The van der Waals surface area contributed by atoms with Gasteiger partial charge in [0.1, 0.15) is 0 Å². The molecule has 28 heavy (non-hydrogen) atoms. The van der Waals surface area contributed by atoms with Crippen molar-refractivity contribution in [1.82, 2.24) is 4.90 Å². The smallest absolute Gasteiger partial charge is 0.416 e. The van der Waals surface area contributed by atoms with E-state index in [0.29, 0.717) is 6.04 Å². The van der Waals surface area contributed by atoms with Gasteiger partial charge in [0.25, 0.3) is 0 Å². The van der Waals surface area contributed by atoms with Crippen LogP contribution in [0.15, 0.2) is 24.3 Å². The number of hydrogen-bond acceptors (Lipinski definition) is 2. The Bertz CT molecular complexity index is 691. The zero-order chi connectivity index (χ0) is 19.9. The molecule has 4 rings (SSSR count). The highest BCUT2D eigenvalue weighted by atomic mass is 19.4. The summed E-state index contributed by atoms with van der Waals surface area (Å²) in [6.45, 7) is 2.17. The maximum Gasteiger partial charge on any atom is 0.416 e. The maximum atomic E-state index is 13.0. The molecule has 3 nitrogen and oxygen atoms in total. The number of likely N-dealkylation sites (tertiary alicyclic amines) is 1. The van der Waals surface area contributed by atoms with Crippen molar-refractivity contribution in [3.63, 3.8) is 0 Å². The maximum absolute atomic E-state index is 13.0. The number of alkyl halides is 3. The number of carboxylic acids is 1. The Morgan fingerprint density at radius 1 is 1.00 bits per heavy atom. The van der Waals surface area contributed by atoms with E-state index in [9.17, 15) is 23.1 Å². The molecule has 1 aromatic rings. The lowest BCUT2D eigenvalue weighted by Gasteiger charge is -2.45. The van der Waals surface area contributed by atoms with Crippen LogP contribution < -0.4 is 0 Å². The fourth-order valence-corrected chi connectivity index (χ4v) is 5.91. The van der Waals surface area contributed by atoms with Crippen LogP contribution in [0.3, 0.4) is 0 Å². The molecule has 0 spiro atoms. The normalized spacial score (nSPS) is 33.8. The van der Waals surface area contributed by atoms with Crippen LogP contribution in [0.25, 0.3) is 0 Å². The van der Waals surface area contributed by atoms with Crippen molar-refractivity contribution in [2.24, 2.45) is 17.8 Å². The van der Waals surface area contributed by atoms with Gasteiger partial charge in [-0.15, -0.1) is 0 Å². The van der Waals surface area contributed by atoms with Gasteiger partial charge in [0, 0.05) is 25.6 Å². The summed E-state index contributed by atoms with van der Waals surface area (Å²) in [6.07, 6.45) is 2.28. The average molecular weight is 395 g/mol. The van der Waals surface area contributed by atoms with Gasteiger partial charge >= 0.3 is 12.1 Å². The number of halogens is 3. The number of aliphatic carboxylic acids is 1. The lowest BCUT2D eigenvalue weighted by atomic mass is 9.72. The molecule has 0 aromatic heterocycles. The van der Waals surface area contributed by atoms with Crippen LogP contribution in [-0.2, 0) is 11.0 Å². The van der Waals surface area contributed by atoms with E-state index in [-0.39, 0.29) is 18.3 Å². The molecular formula is C22H28F3NO2. The summed E-state index contributed by atoms with van der Waals surface area (Å²) in [5, 5.41) is 9.21. The van der Waals surface area contributed by atoms with E-state index in [0.717, 1.165) is 49.8 Å². The second-order valence-corrected chi connectivity index (χ2v) is 9.07. The first-order chi connectivity index (χ1) is 13.3. The highest BCUT2D eigenvalue weighted by Gasteiger charge is 2.41. The van der Waals surface area contributed by atoms with Gasteiger partial charge in [0.15, 0.2) is 0 Å². The summed E-state index contributed by atoms with van der Waals surface area (Å²) in [4.78, 5) is 13.8. The number of rotatable bonds is 4. The Morgan fingerprint density at radius 3 is 2.21 bits per heavy atom. The van der Waals surface area contributed by atoms with E-state index in [4.69, 9.17) is 0 Å². The van der Waals surface area contributed by atoms with E-state index in [1.165, 1.54) is 31.4 Å². The Balaban J connectivity index is 1.57. The molecule has 0 radical (unpaired) electrons. The van der Waals surface area contributed by atoms with Crippen molar-refractivity contribution in [2.75, 3.05) is 13.1 Å². The Hall–Kier alpha value is -1.56. The van der Waals surface area contributed by atoms with E-state index in [1.54, 1.807) is 12.1 Å². The molecule has 0 unspecified atom stereocenters. The average Bonchev–Trinajstić information content (AvgIpc) is 2.98. The largest absolute Gasteiger partial charge is 0.481 e. The predicted octanol–water partition coefficient (Wildman–Crippen LogP) is 5.16. The SMILES string of the molecule is O=C(O)C[C@@H]1CC[C@@H](N2C[C@@H]3CC[C@H](C3)C2)[C@H](c2ccc(C(F)(F)F)cc2)C1. The Labute approximate surface area is 163 Å². The highest BCUT2D eigenvalue weighted by Crippen LogP contribution is 2.45. The topological polar surface area (TPSA) is 40.5 Å². The molecule has 2 aliphatic carbocycles. The lowest BCUT2D eigenvalue weighted by Crippen LogP contribution is -2.48. The van der Waals surface area contributed by atoms with Gasteiger partial charge in [0.2, 0.25) is 0 Å². The van der Waals surface area contributed by atoms with Crippen molar-refractivity contribution in [1.29, 1.82) is 0 Å². The van der Waals surface area contributed by atoms with Crippen LogP contribution in [0.1, 0.15) is 62.0 Å². The fourth-order valence-electron chi connectivity index (χ4n) is 5.91. The molecule has 0 amide bonds. The minimum absolute atomic E-state index is 0.0996. The predicted molar refractivity (Wildman–Crippen MR) is 100.0 cm³/mol. The van der Waals surface area contributed by atoms with E-state index in [2.05, 4.69) is 4.90 Å². The summed E-state index contributed by atoms with van der Waals surface area (Å²) in [6, 6.07) is 5.88. The van der Waals surface area contributed by atoms with E-state index in [1.807, 2.05) is 0 Å². The third-order valence-electron chi connectivity index (χ3n) is 7.16. The minimum atomic E-state index is -4.33. The Kier molecular flexibility index (Phi) is 5.43. The van der Waals surface area contributed by atoms with Crippen LogP contribution in [0.4, 0.5) is 13.2 Å². The van der Waals surface area contributed by atoms with Gasteiger partial charge in [-0.1, -0.05) is 12.1 Å². The number of benzene rings is 1. The number of carbonyl (C=O) groups is 1. The number of fused-ring (bicyclic) bond motifs is 2. The van der Waals surface area contributed by atoms with Crippen molar-refractivity contribution in [3.05, 3.63) is 35.4 Å². The standard InChI is InChI=1S/C22H28F3NO2/c23-22(24,25)18-6-4-17(5-7-18)19-10-14(11-21(27)28)3-8-20(19)26-12-15-1-2-16(9-15)13-26/h4-7,14-16,19-20H,1-3,8-13H2,(H,27,28)/t14-,15-,16-,19+,20-/m1/s1. The third kappa shape index (κ3) is 4.22. The monoisotopic (exact) mass is 395 g/mol. The molecule has 6 heteroatoms. The minimum Gasteiger partial charge on any atom is -0.481 e. The van der Waals surface area contributed by atoms with Crippen molar-refractivity contribution in [3.8, 4) is 0 Å². The molecule has 5 atom stereocenters. The van der Waals surface area contributed by atoms with Gasteiger partial charge in [0.05, 0.1) is 5.56 Å². The van der Waals surface area contributed by atoms with Crippen molar-refractivity contribution >= 4 is 5.97 Å². The molecule has 1 N–H and O–H groups in total. The fraction of sp³-hybridized carbons (Fsp3) is 0.682. The van der Waals surface area contributed by atoms with Crippen LogP contribution in [0.5, 0.6) is 0 Å². The van der Waals surface area contributed by atoms with Gasteiger partial charge in [-0.3, -0.25) is 9.69 Å². The van der Waals surface area contributed by atoms with Gasteiger partial charge in [-0.2, -0.15) is 13.2 Å². The van der Waals surface area contributed by atoms with Crippen LogP contribution in [-0.4, -0.2) is 35.1 Å². The second kappa shape index (κ2) is 7.69. The molecule has 3 fully saturated rings. The number of hydrogen-bond donors (Lipinski definition) is 1. The van der Waals surface area contributed by atoms with Gasteiger partial charge in [-0.25, -0.2) is 0 Å². The molecule has 1 aromatic carbocycles.